The van der Waals surface area contributed by atoms with Gasteiger partial charge in [0, 0.05) is 50.7 Å². The van der Waals surface area contributed by atoms with Crippen LogP contribution in [0.5, 0.6) is 0 Å². The standard InChI is InChI=1S/C23H31N5O6S/c1-16-21(17(2)34-25-16)35(32,33)26-19(22(30)31)3-4-20(29)27-12-7-23(8-13-27)9-14-28(15-23)18-5-10-24-11-6-18/h5-6,10-11,19,26H,3-4,7-9,12-15H2,1-2H3,(H,30,31)/t19-/m0/s1. The first-order valence-corrected chi connectivity index (χ1v) is 13.2. The molecule has 11 nitrogen and oxygen atoms in total. The second kappa shape index (κ2) is 9.94. The molecule has 1 spiro atoms. The van der Waals surface area contributed by atoms with Gasteiger partial charge < -0.3 is 19.4 Å². The SMILES string of the molecule is Cc1noc(C)c1S(=O)(=O)N[C@@H](CCC(=O)N1CCC2(CC1)CCN(c1ccncc1)C2)C(=O)O. The molecular weight excluding hydrogens is 474 g/mol. The molecule has 190 valence electrons. The number of carbonyl (C=O) groups excluding carboxylic acids is 1. The molecule has 2 aromatic rings. The van der Waals surface area contributed by atoms with Crippen LogP contribution in [0.15, 0.2) is 33.9 Å². The fraction of sp³-hybridized carbons (Fsp3) is 0.565. The van der Waals surface area contributed by atoms with E-state index in [0.717, 1.165) is 38.0 Å². The van der Waals surface area contributed by atoms with E-state index in [1.165, 1.54) is 13.8 Å². The number of nitrogens with zero attached hydrogens (tertiary/aromatic N) is 4. The van der Waals surface area contributed by atoms with Crippen molar-refractivity contribution in [2.75, 3.05) is 31.1 Å². The molecule has 35 heavy (non-hydrogen) atoms. The van der Waals surface area contributed by atoms with Crippen LogP contribution >= 0.6 is 0 Å². The van der Waals surface area contributed by atoms with E-state index in [-0.39, 0.29) is 40.5 Å². The molecule has 0 unspecified atom stereocenters. The summed E-state index contributed by atoms with van der Waals surface area (Å²) < 4.78 is 32.5. The van der Waals surface area contributed by atoms with Crippen molar-refractivity contribution in [3.05, 3.63) is 36.0 Å². The van der Waals surface area contributed by atoms with Crippen molar-refractivity contribution < 1.29 is 27.6 Å². The zero-order valence-corrected chi connectivity index (χ0v) is 20.8. The average molecular weight is 506 g/mol. The zero-order valence-electron chi connectivity index (χ0n) is 19.9. The second-order valence-corrected chi connectivity index (χ2v) is 11.1. The first-order valence-electron chi connectivity index (χ1n) is 11.7. The zero-order chi connectivity index (χ0) is 25.2. The van der Waals surface area contributed by atoms with Crippen molar-refractivity contribution in [1.82, 2.24) is 19.8 Å². The molecule has 0 aromatic carbocycles. The monoisotopic (exact) mass is 505 g/mol. The van der Waals surface area contributed by atoms with Crippen molar-refractivity contribution in [1.29, 1.82) is 0 Å². The summed E-state index contributed by atoms with van der Waals surface area (Å²) in [5.41, 5.74) is 1.48. The van der Waals surface area contributed by atoms with Crippen LogP contribution in [0.1, 0.15) is 43.6 Å². The van der Waals surface area contributed by atoms with Crippen LogP contribution in [0, 0.1) is 19.3 Å². The molecule has 0 radical (unpaired) electrons. The Bertz CT molecular complexity index is 1150. The molecule has 2 aliphatic heterocycles. The summed E-state index contributed by atoms with van der Waals surface area (Å²) in [6.07, 6.45) is 6.23. The molecule has 1 atom stereocenters. The van der Waals surface area contributed by atoms with E-state index in [1.807, 2.05) is 12.1 Å². The lowest BCUT2D eigenvalue weighted by molar-refractivity contribution is -0.139. The van der Waals surface area contributed by atoms with Crippen molar-refractivity contribution in [2.45, 2.75) is 56.9 Å². The number of anilines is 1. The molecule has 4 rings (SSSR count). The summed E-state index contributed by atoms with van der Waals surface area (Å²) in [5, 5.41) is 13.2. The average Bonchev–Trinajstić information content (AvgIpc) is 3.40. The van der Waals surface area contributed by atoms with Gasteiger partial charge in [-0.15, -0.1) is 0 Å². The fourth-order valence-electron chi connectivity index (χ4n) is 5.11. The number of piperidine rings is 1. The molecular formula is C23H31N5O6S. The summed E-state index contributed by atoms with van der Waals surface area (Å²) in [6, 6.07) is 2.59. The lowest BCUT2D eigenvalue weighted by Crippen LogP contribution is -2.45. The van der Waals surface area contributed by atoms with Gasteiger partial charge in [0.1, 0.15) is 16.6 Å². The van der Waals surface area contributed by atoms with Crippen LogP contribution in [-0.2, 0) is 19.6 Å². The predicted octanol–water partition coefficient (Wildman–Crippen LogP) is 1.72. The number of carbonyl (C=O) groups is 2. The van der Waals surface area contributed by atoms with E-state index in [1.54, 1.807) is 17.3 Å². The fourth-order valence-corrected chi connectivity index (χ4v) is 6.67. The Balaban J connectivity index is 1.30. The van der Waals surface area contributed by atoms with E-state index in [9.17, 15) is 23.1 Å². The molecule has 2 saturated heterocycles. The Labute approximate surface area is 204 Å². The van der Waals surface area contributed by atoms with Crippen molar-refractivity contribution >= 4 is 27.6 Å². The summed E-state index contributed by atoms with van der Waals surface area (Å²) in [6.45, 7) is 6.07. The third-order valence-electron chi connectivity index (χ3n) is 7.12. The van der Waals surface area contributed by atoms with Crippen LogP contribution in [0.2, 0.25) is 0 Å². The molecule has 0 aliphatic carbocycles. The Kier molecular flexibility index (Phi) is 7.13. The minimum Gasteiger partial charge on any atom is -0.480 e. The number of amides is 1. The topological polar surface area (TPSA) is 146 Å². The van der Waals surface area contributed by atoms with E-state index in [0.29, 0.717) is 13.1 Å². The van der Waals surface area contributed by atoms with Crippen LogP contribution in [0.3, 0.4) is 0 Å². The number of carboxylic acid groups (broad SMARTS) is 1. The lowest BCUT2D eigenvalue weighted by Gasteiger charge is -2.39. The van der Waals surface area contributed by atoms with Crippen LogP contribution < -0.4 is 9.62 Å². The third-order valence-corrected chi connectivity index (χ3v) is 8.84. The summed E-state index contributed by atoms with van der Waals surface area (Å²) in [5.74, 6) is -1.42. The highest BCUT2D eigenvalue weighted by atomic mass is 32.2. The molecule has 2 aromatic heterocycles. The Hall–Kier alpha value is -2.99. The number of nitrogens with one attached hydrogen (secondary N) is 1. The number of aliphatic carboxylic acids is 1. The van der Waals surface area contributed by atoms with Gasteiger partial charge in [-0.3, -0.25) is 14.6 Å². The minimum absolute atomic E-state index is 0.0583. The summed E-state index contributed by atoms with van der Waals surface area (Å²) in [4.78, 5) is 32.6. The Morgan fingerprint density at radius 1 is 1.17 bits per heavy atom. The lowest BCUT2D eigenvalue weighted by atomic mass is 9.77. The number of aromatic nitrogens is 2. The number of hydrogen-bond acceptors (Lipinski definition) is 8. The van der Waals surface area contributed by atoms with Crippen molar-refractivity contribution in [3.8, 4) is 0 Å². The first kappa shape index (κ1) is 25.1. The maximum Gasteiger partial charge on any atom is 0.321 e. The normalized spacial score (nSPS) is 18.7. The van der Waals surface area contributed by atoms with Gasteiger partial charge in [0.05, 0.1) is 0 Å². The number of sulfonamides is 1. The molecule has 0 bridgehead atoms. The Morgan fingerprint density at radius 3 is 2.43 bits per heavy atom. The third kappa shape index (κ3) is 5.48. The molecule has 2 N–H and O–H groups in total. The smallest absolute Gasteiger partial charge is 0.321 e. The molecule has 2 aliphatic rings. The number of aryl methyl sites for hydroxylation is 2. The highest BCUT2D eigenvalue weighted by Gasteiger charge is 2.41. The number of rotatable bonds is 8. The van der Waals surface area contributed by atoms with Crippen LogP contribution in [-0.4, -0.2) is 72.7 Å². The van der Waals surface area contributed by atoms with E-state index < -0.39 is 22.0 Å². The first-order chi connectivity index (χ1) is 16.6. The largest absolute Gasteiger partial charge is 0.480 e. The summed E-state index contributed by atoms with van der Waals surface area (Å²) in [7, 11) is -4.16. The number of pyridine rings is 1. The van der Waals surface area contributed by atoms with Gasteiger partial charge >= 0.3 is 5.97 Å². The van der Waals surface area contributed by atoms with Crippen LogP contribution in [0.25, 0.3) is 0 Å². The maximum absolute atomic E-state index is 12.8. The Morgan fingerprint density at radius 2 is 1.83 bits per heavy atom. The molecule has 2 fully saturated rings. The highest BCUT2D eigenvalue weighted by molar-refractivity contribution is 7.89. The molecule has 12 heteroatoms. The van der Waals surface area contributed by atoms with Gasteiger partial charge in [0.15, 0.2) is 5.76 Å². The highest BCUT2D eigenvalue weighted by Crippen LogP contribution is 2.41. The number of carboxylic acids is 1. The van der Waals surface area contributed by atoms with Gasteiger partial charge in [0.25, 0.3) is 0 Å². The van der Waals surface area contributed by atoms with E-state index in [4.69, 9.17) is 4.52 Å². The maximum atomic E-state index is 12.8. The van der Waals surface area contributed by atoms with Crippen LogP contribution in [0.4, 0.5) is 5.69 Å². The van der Waals surface area contributed by atoms with Crippen molar-refractivity contribution in [3.63, 3.8) is 0 Å². The van der Waals surface area contributed by atoms with E-state index in [2.05, 4.69) is 19.8 Å². The predicted molar refractivity (Wildman–Crippen MR) is 126 cm³/mol. The van der Waals surface area contributed by atoms with Gasteiger partial charge in [-0.05, 0) is 57.1 Å². The van der Waals surface area contributed by atoms with Gasteiger partial charge in [-0.2, -0.15) is 4.72 Å². The van der Waals surface area contributed by atoms with Crippen molar-refractivity contribution in [2.24, 2.45) is 5.41 Å². The van der Waals surface area contributed by atoms with E-state index >= 15 is 0 Å². The molecule has 4 heterocycles. The molecule has 1 amide bonds. The minimum atomic E-state index is -4.16. The number of hydrogen-bond donors (Lipinski definition) is 2. The summed E-state index contributed by atoms with van der Waals surface area (Å²) >= 11 is 0. The van der Waals surface area contributed by atoms with Gasteiger partial charge in [-0.25, -0.2) is 8.42 Å². The van der Waals surface area contributed by atoms with Gasteiger partial charge in [0.2, 0.25) is 15.9 Å². The van der Waals surface area contributed by atoms with Gasteiger partial charge in [-0.1, -0.05) is 5.16 Å². The quantitative estimate of drug-likeness (QED) is 0.547. The number of likely N-dealkylation sites (tertiary alicyclic amines) is 1. The second-order valence-electron chi connectivity index (χ2n) is 9.46. The molecule has 0 saturated carbocycles.